The Balaban J connectivity index is 1.41. The highest BCUT2D eigenvalue weighted by atomic mass is 19.4. The zero-order valence-electron chi connectivity index (χ0n) is 31.3. The highest BCUT2D eigenvalue weighted by molar-refractivity contribution is 5.99. The largest absolute Gasteiger partial charge is 0.482 e. The molecule has 5 aromatic rings. The predicted octanol–water partition coefficient (Wildman–Crippen LogP) is 10.6. The van der Waals surface area contributed by atoms with Crippen LogP contribution in [0.15, 0.2) is 84.9 Å². The van der Waals surface area contributed by atoms with Crippen molar-refractivity contribution in [3.8, 4) is 28.3 Å². The Bertz CT molecular complexity index is 2250. The number of rotatable bonds is 9. The number of aromatic nitrogens is 2. The predicted molar refractivity (Wildman–Crippen MR) is 205 cm³/mol. The summed E-state index contributed by atoms with van der Waals surface area (Å²) in [4.78, 5) is 28.9. The second-order valence-electron chi connectivity index (χ2n) is 16.1. The number of imidazole rings is 1. The van der Waals surface area contributed by atoms with Gasteiger partial charge in [-0.25, -0.2) is 9.78 Å². The molecule has 282 valence electrons. The van der Waals surface area contributed by atoms with Crippen molar-refractivity contribution >= 4 is 28.6 Å². The van der Waals surface area contributed by atoms with E-state index in [1.54, 1.807) is 0 Å². The second kappa shape index (κ2) is 13.6. The normalized spacial score (nSPS) is 22.5. The number of nitrogens with one attached hydrogen (secondary N) is 1. The van der Waals surface area contributed by atoms with Gasteiger partial charge in [0.1, 0.15) is 11.6 Å². The number of hydrogen-bond donors (Lipinski definition) is 2. The molecule has 7 nitrogen and oxygen atoms in total. The molecule has 10 heteroatoms. The molecule has 54 heavy (non-hydrogen) atoms. The van der Waals surface area contributed by atoms with Crippen molar-refractivity contribution in [1.29, 1.82) is 0 Å². The number of carboxylic acid groups (broad SMARTS) is 1. The van der Waals surface area contributed by atoms with Crippen molar-refractivity contribution in [2.24, 2.45) is 10.8 Å². The topological polar surface area (TPSA) is 93.5 Å². The SMILES string of the molecule is CC(C)c1ccc2c(c1)CCC1(C)[C@](C)(Cn3c(-c4cc(OCC(=O)O)ccc4NC(=O)C(F)(F)F)nc4cc(-c5ccccc5)ccc43)CCC[C@]21C. The van der Waals surface area contributed by atoms with Gasteiger partial charge in [0.15, 0.2) is 6.61 Å². The number of alkyl halides is 3. The van der Waals surface area contributed by atoms with Gasteiger partial charge in [-0.1, -0.05) is 95.6 Å². The number of ether oxygens (including phenoxy) is 1. The second-order valence-corrected chi connectivity index (χ2v) is 16.1. The van der Waals surface area contributed by atoms with Gasteiger partial charge in [0, 0.05) is 12.1 Å². The van der Waals surface area contributed by atoms with Gasteiger partial charge in [0.2, 0.25) is 0 Å². The van der Waals surface area contributed by atoms with Gasteiger partial charge in [-0.15, -0.1) is 0 Å². The molecule has 1 saturated carbocycles. The number of benzene rings is 4. The van der Waals surface area contributed by atoms with E-state index in [1.165, 1.54) is 34.9 Å². The van der Waals surface area contributed by atoms with E-state index in [2.05, 4.69) is 62.7 Å². The molecule has 1 unspecified atom stereocenters. The van der Waals surface area contributed by atoms with Gasteiger partial charge in [0.05, 0.1) is 16.7 Å². The Labute approximate surface area is 313 Å². The minimum atomic E-state index is -5.14. The first-order chi connectivity index (χ1) is 25.5. The molecule has 0 saturated heterocycles. The third kappa shape index (κ3) is 6.43. The molecule has 2 aliphatic rings. The van der Waals surface area contributed by atoms with Crippen molar-refractivity contribution in [3.05, 3.63) is 102 Å². The van der Waals surface area contributed by atoms with E-state index >= 15 is 0 Å². The van der Waals surface area contributed by atoms with E-state index in [0.29, 0.717) is 23.8 Å². The summed E-state index contributed by atoms with van der Waals surface area (Å²) in [6, 6.07) is 27.0. The molecule has 7 rings (SSSR count). The average Bonchev–Trinajstić information content (AvgIpc) is 3.48. The van der Waals surface area contributed by atoms with E-state index in [1.807, 2.05) is 48.5 Å². The third-order valence-corrected chi connectivity index (χ3v) is 12.7. The smallest absolute Gasteiger partial charge is 0.471 e. The van der Waals surface area contributed by atoms with Crippen LogP contribution < -0.4 is 10.1 Å². The Morgan fingerprint density at radius 1 is 0.926 bits per heavy atom. The lowest BCUT2D eigenvalue weighted by molar-refractivity contribution is -0.167. The first-order valence-corrected chi connectivity index (χ1v) is 18.6. The maximum atomic E-state index is 13.6. The van der Waals surface area contributed by atoms with Crippen LogP contribution in [0.1, 0.15) is 82.9 Å². The summed E-state index contributed by atoms with van der Waals surface area (Å²) in [5.74, 6) is -2.43. The summed E-state index contributed by atoms with van der Waals surface area (Å²) in [5, 5.41) is 11.4. The Kier molecular flexibility index (Phi) is 9.39. The van der Waals surface area contributed by atoms with E-state index in [4.69, 9.17) is 9.72 Å². The van der Waals surface area contributed by atoms with Gasteiger partial charge in [0.25, 0.3) is 0 Å². The minimum Gasteiger partial charge on any atom is -0.482 e. The third-order valence-electron chi connectivity index (χ3n) is 12.7. The number of halogens is 3. The molecule has 0 aliphatic heterocycles. The van der Waals surface area contributed by atoms with Crippen LogP contribution in [0.25, 0.3) is 33.5 Å². The fourth-order valence-corrected chi connectivity index (χ4v) is 9.32. The van der Waals surface area contributed by atoms with E-state index in [9.17, 15) is 27.9 Å². The Hall–Kier alpha value is -5.12. The van der Waals surface area contributed by atoms with E-state index in [-0.39, 0.29) is 33.2 Å². The van der Waals surface area contributed by atoms with Gasteiger partial charge < -0.3 is 19.7 Å². The molecule has 1 heterocycles. The first-order valence-electron chi connectivity index (χ1n) is 18.6. The van der Waals surface area contributed by atoms with Crippen LogP contribution in [-0.2, 0) is 28.0 Å². The van der Waals surface area contributed by atoms with Crippen LogP contribution in [0, 0.1) is 10.8 Å². The Morgan fingerprint density at radius 2 is 1.69 bits per heavy atom. The zero-order chi connectivity index (χ0) is 38.6. The molecular formula is C44H46F3N3O4. The maximum absolute atomic E-state index is 13.6. The highest BCUT2D eigenvalue weighted by Gasteiger charge is 2.60. The van der Waals surface area contributed by atoms with Crippen molar-refractivity contribution in [3.63, 3.8) is 0 Å². The summed E-state index contributed by atoms with van der Waals surface area (Å²) >= 11 is 0. The molecule has 3 atom stereocenters. The maximum Gasteiger partial charge on any atom is 0.471 e. The number of carbonyl (C=O) groups is 2. The van der Waals surface area contributed by atoms with Gasteiger partial charge in [-0.2, -0.15) is 13.2 Å². The number of nitrogens with zero attached hydrogens (tertiary/aromatic N) is 2. The van der Waals surface area contributed by atoms with Crippen LogP contribution in [0.2, 0.25) is 0 Å². The van der Waals surface area contributed by atoms with Crippen molar-refractivity contribution < 1.29 is 32.6 Å². The van der Waals surface area contributed by atoms with Gasteiger partial charge >= 0.3 is 18.1 Å². The molecule has 0 radical (unpaired) electrons. The molecule has 0 bridgehead atoms. The molecule has 2 aliphatic carbocycles. The number of carbonyl (C=O) groups excluding carboxylic acids is 1. The number of anilines is 1. The van der Waals surface area contributed by atoms with Gasteiger partial charge in [-0.05, 0) is 106 Å². The Morgan fingerprint density at radius 3 is 2.39 bits per heavy atom. The van der Waals surface area contributed by atoms with Crippen LogP contribution in [-0.4, -0.2) is 39.3 Å². The number of amides is 1. The number of aliphatic carboxylic acids is 1. The molecular weight excluding hydrogens is 691 g/mol. The van der Waals surface area contributed by atoms with Crippen LogP contribution in [0.4, 0.5) is 18.9 Å². The molecule has 1 fully saturated rings. The number of hydrogen-bond acceptors (Lipinski definition) is 4. The van der Waals surface area contributed by atoms with E-state index in [0.717, 1.165) is 48.7 Å². The van der Waals surface area contributed by atoms with E-state index < -0.39 is 24.7 Å². The van der Waals surface area contributed by atoms with Crippen molar-refractivity contribution in [1.82, 2.24) is 9.55 Å². The summed E-state index contributed by atoms with van der Waals surface area (Å²) in [7, 11) is 0. The molecule has 1 amide bonds. The number of aryl methyl sites for hydroxylation is 1. The monoisotopic (exact) mass is 737 g/mol. The number of carboxylic acids is 1. The lowest BCUT2D eigenvalue weighted by atomic mass is 9.41. The summed E-state index contributed by atoms with van der Waals surface area (Å²) in [6.07, 6.45) is -0.241. The van der Waals surface area contributed by atoms with Gasteiger partial charge in [-0.3, -0.25) is 4.79 Å². The zero-order valence-corrected chi connectivity index (χ0v) is 31.3. The molecule has 1 aromatic heterocycles. The van der Waals surface area contributed by atoms with Crippen molar-refractivity contribution in [2.45, 2.75) is 90.8 Å². The lowest BCUT2D eigenvalue weighted by Crippen LogP contribution is -2.58. The summed E-state index contributed by atoms with van der Waals surface area (Å²) < 4.78 is 48.5. The quantitative estimate of drug-likeness (QED) is 0.157. The molecule has 2 N–H and O–H groups in total. The highest BCUT2D eigenvalue weighted by Crippen LogP contribution is 2.66. The first kappa shape index (κ1) is 37.2. The average molecular weight is 738 g/mol. The van der Waals surface area contributed by atoms with Crippen LogP contribution >= 0.6 is 0 Å². The fraction of sp³-hybridized carbons (Fsp3) is 0.386. The standard InChI is InChI=1S/C44H46F3N3O4/c1-27(2)29-12-15-34-31(22-29)18-21-43(5)41(3,19-9-20-42(34,43)4)26-50-37-17-13-30(28-10-7-6-8-11-28)23-36(37)48-39(50)33-24-32(54-25-38(51)52)14-16-35(33)49-40(53)44(45,46)47/h6-8,10-17,22-24,27H,9,18-21,25-26H2,1-5H3,(H,49,53)(H,51,52)/t41-,42+,43?/m0/s1. The van der Waals surface area contributed by atoms with Crippen LogP contribution in [0.3, 0.4) is 0 Å². The molecule has 0 spiro atoms. The summed E-state index contributed by atoms with van der Waals surface area (Å²) in [5.41, 5.74) is 6.99. The lowest BCUT2D eigenvalue weighted by Gasteiger charge is -2.63. The molecule has 4 aromatic carbocycles. The summed E-state index contributed by atoms with van der Waals surface area (Å²) in [6.45, 7) is 11.4. The number of fused-ring (bicyclic) bond motifs is 4. The fourth-order valence-electron chi connectivity index (χ4n) is 9.32. The van der Waals surface area contributed by atoms with Crippen LogP contribution in [0.5, 0.6) is 5.75 Å². The van der Waals surface area contributed by atoms with Crippen molar-refractivity contribution in [2.75, 3.05) is 11.9 Å². The minimum absolute atomic E-state index is 0.114.